The third-order valence-corrected chi connectivity index (χ3v) is 20.0. The number of phenolic OH excluding ortho intramolecular Hbond substituents is 2. The normalized spacial score (nSPS) is 11.2. The molecule has 0 bridgehead atoms. The molecule has 2 aliphatic rings. The van der Waals surface area contributed by atoms with Crippen LogP contribution in [0.2, 0.25) is 0 Å². The molecule has 0 fully saturated rings. The van der Waals surface area contributed by atoms with E-state index in [4.69, 9.17) is 82.3 Å². The zero-order chi connectivity index (χ0) is 105. The van der Waals surface area contributed by atoms with Crippen molar-refractivity contribution in [2.45, 2.75) is 135 Å². The Kier molecular flexibility index (Phi) is 53.1. The van der Waals surface area contributed by atoms with Gasteiger partial charge in [-0.05, 0) is 177 Å². The standard InChI is InChI=1S/C21H20O5.C19H14O6.C19H16O5.C15H19NO3.C12H14O3.C8H8O2.C5H13NO2.2C2H4O2.Li.HNO3.H2O/c1-4-25-19(23)9-14-5-7-15(8-6-14)20(24)17-11-26-21-13(3)12(2)18(22)10-16(17)21;1-9-10(2)19-15(18(24)16(9)22)13(8-25-19)17(23)12-5-3-11(4-6-12)7-14(20)21;1-10-11(2)19-14(8-16(10)20)15(9-24-19)18(23)13-5-3-12(4-6-13)7-17(21)22;1-4-19-15(18)11-12-5-7-13(8-6-12)14(17)9-10-16(2)3;1-3-15-12(14)8-10-4-6-11(7-5-10)9(2)13;1-5-6(2)8(10)4-3-7(5)9;1-6(2)5(7-3)8-4;2*1-2(3)4;;2-1(3)4;/h5-8,10-11,22H,4,9H2,1-3H3;3-6,8H,7H2,1-2H3,(H,20,21);3-6,8-9,20H,7H2,1-2H3,(H,21,22);5-10H,4,11H2,1-3H3;4-7H,3,8H2,1-2H3;3-4H,1-2H3;5H,1-4H3;2*1H3,(H,3,4);;(H,2,3,4);1H2/q;;;;;;;;;+1;;/p-1/b;;;10-9+;;;;;;;;. The van der Waals surface area contributed by atoms with Crippen LogP contribution < -0.4 is 18.9 Å². The van der Waals surface area contributed by atoms with Crippen molar-refractivity contribution >= 4 is 121 Å². The zero-order valence-corrected chi connectivity index (χ0v) is 82.0. The zero-order valence-electron chi connectivity index (χ0n) is 82.0. The van der Waals surface area contributed by atoms with Crippen LogP contribution in [0, 0.1) is 37.8 Å². The van der Waals surface area contributed by atoms with E-state index in [2.05, 4.69) is 0 Å². The first-order chi connectivity index (χ1) is 65.3. The second-order valence-corrected chi connectivity index (χ2v) is 30.7. The number of ketones is 9. The Morgan fingerprint density at radius 3 is 1.00 bits per heavy atom. The molecule has 3 aromatic heterocycles. The van der Waals surface area contributed by atoms with Gasteiger partial charge in [0.05, 0.1) is 74.2 Å². The minimum Gasteiger partial charge on any atom is -0.870 e. The van der Waals surface area contributed by atoms with Gasteiger partial charge in [-0.3, -0.25) is 81.6 Å². The molecule has 0 spiro atoms. The summed E-state index contributed by atoms with van der Waals surface area (Å²) in [5.74, 6) is -6.29. The smallest absolute Gasteiger partial charge is 0.870 e. The van der Waals surface area contributed by atoms with Gasteiger partial charge in [0.25, 0.3) is 17.0 Å². The van der Waals surface area contributed by atoms with Crippen LogP contribution in [0.4, 0.5) is 0 Å². The summed E-state index contributed by atoms with van der Waals surface area (Å²) < 4.78 is 40.8. The fraction of sp³-hybridized carbons (Fsp3) is 0.282. The molecule has 0 saturated heterocycles. The number of carboxylic acid groups (broad SMARTS) is 4. The number of allylic oxidation sites excluding steroid dienone is 7. The number of esters is 3. The molecule has 0 atom stereocenters. The first kappa shape index (κ1) is 123. The summed E-state index contributed by atoms with van der Waals surface area (Å²) in [6.45, 7) is 23.9. The van der Waals surface area contributed by atoms with Crippen molar-refractivity contribution < 1.29 is 179 Å². The van der Waals surface area contributed by atoms with E-state index in [9.17, 15) is 77.3 Å². The molecule has 7 aromatic carbocycles. The number of hydrogen-bond donors (Lipinski definition) is 7. The molecule has 746 valence electrons. The van der Waals surface area contributed by atoms with Gasteiger partial charge in [0.1, 0.15) is 47.2 Å². The number of carbonyl (C=O) groups excluding carboxylic acids is 12. The average Bonchev–Trinajstić information content (AvgIpc) is 1.62. The van der Waals surface area contributed by atoms with Gasteiger partial charge in [0, 0.05) is 110 Å². The number of fused-ring (bicyclic) bond motifs is 3. The number of carboxylic acids is 4. The van der Waals surface area contributed by atoms with Gasteiger partial charge in [-0.1, -0.05) is 121 Å². The quantitative estimate of drug-likeness (QED) is 0.00253. The third kappa shape index (κ3) is 39.7. The summed E-state index contributed by atoms with van der Waals surface area (Å²) >= 11 is 0. The van der Waals surface area contributed by atoms with Gasteiger partial charge in [0.2, 0.25) is 18.0 Å². The molecular weight excluding hydrogens is 1830 g/mol. The number of aromatic hydroxyl groups is 2. The Balaban J connectivity index is 0.000000823. The largest absolute Gasteiger partial charge is 1.00 e. The van der Waals surface area contributed by atoms with Gasteiger partial charge in [0.15, 0.2) is 40.5 Å². The van der Waals surface area contributed by atoms with Gasteiger partial charge in [-0.25, -0.2) is 0 Å². The molecule has 37 nitrogen and oxygen atoms in total. The van der Waals surface area contributed by atoms with Gasteiger partial charge < -0.3 is 83.2 Å². The summed E-state index contributed by atoms with van der Waals surface area (Å²) in [6, 6.07) is 36.4. The summed E-state index contributed by atoms with van der Waals surface area (Å²) in [7, 11) is 10.7. The van der Waals surface area contributed by atoms with Crippen LogP contribution in [0.3, 0.4) is 0 Å². The molecule has 141 heavy (non-hydrogen) atoms. The van der Waals surface area contributed by atoms with Crippen molar-refractivity contribution in [3.05, 3.63) is 309 Å². The Labute approximate surface area is 824 Å². The van der Waals surface area contributed by atoms with E-state index < -0.39 is 46.3 Å². The van der Waals surface area contributed by atoms with Crippen LogP contribution >= 0.6 is 0 Å². The van der Waals surface area contributed by atoms with Gasteiger partial charge in [-0.2, -0.15) is 0 Å². The fourth-order valence-corrected chi connectivity index (χ4v) is 12.3. The molecule has 38 heteroatoms. The van der Waals surface area contributed by atoms with Crippen LogP contribution in [0.15, 0.2) is 207 Å². The molecule has 0 aliphatic heterocycles. The van der Waals surface area contributed by atoms with Crippen LogP contribution in [-0.4, -0.2) is 219 Å². The third-order valence-electron chi connectivity index (χ3n) is 20.0. The monoisotopic (exact) mass is 1940 g/mol. The first-order valence-corrected chi connectivity index (χ1v) is 42.4. The molecule has 0 saturated carbocycles. The number of rotatable bonds is 26. The second-order valence-electron chi connectivity index (χ2n) is 30.7. The second kappa shape index (κ2) is 60.7. The number of methoxy groups -OCH3 is 2. The van der Waals surface area contributed by atoms with Crippen molar-refractivity contribution in [3.63, 3.8) is 0 Å². The molecule has 0 unspecified atom stereocenters. The maximum Gasteiger partial charge on any atom is 1.00 e. The summed E-state index contributed by atoms with van der Waals surface area (Å²) in [5.41, 5.74) is 13.1. The van der Waals surface area contributed by atoms with Crippen molar-refractivity contribution in [1.82, 2.24) is 9.80 Å². The predicted octanol–water partition coefficient (Wildman–Crippen LogP) is 12.3. The Morgan fingerprint density at radius 2 is 0.723 bits per heavy atom. The Hall–Kier alpha value is -15.8. The number of aryl methyl sites for hydroxylation is 2. The SMILES string of the molecule is CC(=O)O.CC(=O)O.CC1=C(C)C(=O)C=CC1=O.CC1=C(C)c2occ(C(=O)c3ccc(CC(=O)O)cc3)c2C(=O)C1=O.CCOC(=O)Cc1ccc(C(=O)/C=C/N(C)C)cc1.CCOC(=O)Cc1ccc(C(=O)c2coc3c(C)c(C)c(O)cc23)cc1.CCOC(=O)Cc1ccc(C(C)=O)cc1.COC(OC)N(C)C.Cc1c(O)cc2c(C(=O)c3ccc(CC(=O)O)cc3)coc2c1C.O=[N+]([O-])O.[Li+].[OH-]. The number of furan rings is 3. The number of Topliss-reactive ketones (excluding diaryl/α,β-unsaturated/α-hetero) is 3. The first-order valence-electron chi connectivity index (χ1n) is 42.4. The minimum atomic E-state index is -1.50. The van der Waals surface area contributed by atoms with Crippen molar-refractivity contribution in [3.8, 4) is 11.5 Å². The number of carbonyl (C=O) groups is 16. The minimum absolute atomic E-state index is 0. The van der Waals surface area contributed by atoms with Crippen LogP contribution in [0.5, 0.6) is 11.5 Å². The molecule has 0 amide bonds. The van der Waals surface area contributed by atoms with Gasteiger partial charge >= 0.3 is 48.7 Å². The fourth-order valence-electron chi connectivity index (χ4n) is 12.3. The Morgan fingerprint density at radius 1 is 0.433 bits per heavy atom. The average molecular weight is 1940 g/mol. The molecule has 3 heterocycles. The number of phenols is 2. The molecule has 8 N–H and O–H groups in total. The van der Waals surface area contributed by atoms with Gasteiger partial charge in [-0.15, -0.1) is 10.1 Å². The maximum absolute atomic E-state index is 12.8. The molecule has 0 radical (unpaired) electrons. The van der Waals surface area contributed by atoms with E-state index in [1.807, 2.05) is 46.9 Å². The van der Waals surface area contributed by atoms with Crippen molar-refractivity contribution in [2.75, 3.05) is 62.2 Å². The molecular formula is C103H114LiN3O34. The van der Waals surface area contributed by atoms with Crippen molar-refractivity contribution in [2.24, 2.45) is 0 Å². The maximum atomic E-state index is 12.8. The number of benzene rings is 7. The Bertz CT molecular complexity index is 6170. The van der Waals surface area contributed by atoms with E-state index >= 15 is 0 Å². The topological polar surface area (TPSA) is 580 Å². The summed E-state index contributed by atoms with van der Waals surface area (Å²) in [6.07, 6.45) is 10.0. The number of nitrogens with zero attached hydrogens (tertiary/aromatic N) is 3. The van der Waals surface area contributed by atoms with E-state index in [1.54, 1.807) is 191 Å². The molecule has 10 aromatic rings. The van der Waals surface area contributed by atoms with E-state index in [0.717, 1.165) is 47.2 Å². The van der Waals surface area contributed by atoms with E-state index in [-0.39, 0.29) is 149 Å². The van der Waals surface area contributed by atoms with Crippen LogP contribution in [-0.2, 0) is 104 Å². The summed E-state index contributed by atoms with van der Waals surface area (Å²) in [4.78, 5) is 192. The number of aliphatic carboxylic acids is 4. The molecule has 12 rings (SSSR count). The van der Waals surface area contributed by atoms with Crippen LogP contribution in [0.1, 0.15) is 204 Å². The molecule has 2 aliphatic carbocycles. The number of ether oxygens (including phenoxy) is 5. The summed E-state index contributed by atoms with van der Waals surface area (Å²) in [5, 5.41) is 67.3. The van der Waals surface area contributed by atoms with E-state index in [0.29, 0.717) is 114 Å². The predicted molar refractivity (Wildman–Crippen MR) is 511 cm³/mol. The van der Waals surface area contributed by atoms with E-state index in [1.165, 1.54) is 74.3 Å². The van der Waals surface area contributed by atoms with Crippen LogP contribution in [0.25, 0.3) is 27.5 Å². The van der Waals surface area contributed by atoms with Crippen molar-refractivity contribution in [1.29, 1.82) is 0 Å². The number of hydrogen-bond acceptors (Lipinski definition) is 31.